The Kier molecular flexibility index (Phi) is 5.33. The summed E-state index contributed by atoms with van der Waals surface area (Å²) in [5.41, 5.74) is -0.101. The van der Waals surface area contributed by atoms with Gasteiger partial charge in [0, 0.05) is 5.56 Å². The monoisotopic (exact) mass is 469 g/mol. The van der Waals surface area contributed by atoms with Gasteiger partial charge in [-0.15, -0.1) is 0 Å². The zero-order valence-electron chi connectivity index (χ0n) is 13.1. The van der Waals surface area contributed by atoms with Gasteiger partial charge in [-0.1, -0.05) is 90.6 Å². The van der Waals surface area contributed by atoms with E-state index in [0.717, 1.165) is 6.07 Å². The van der Waals surface area contributed by atoms with Crippen LogP contribution in [0.3, 0.4) is 0 Å². The van der Waals surface area contributed by atoms with Crippen LogP contribution in [0.15, 0.2) is 53.4 Å². The van der Waals surface area contributed by atoms with Crippen LogP contribution < -0.4 is 5.32 Å². The molecule has 1 N–H and O–H groups in total. The molecule has 0 heterocycles. The van der Waals surface area contributed by atoms with Crippen LogP contribution in [-0.4, -0.2) is 16.5 Å². The molecular weight excluding hydrogens is 460 g/mol. The number of alkyl halides is 3. The molecule has 12 heteroatoms. The van der Waals surface area contributed by atoms with Crippen LogP contribution in [0.25, 0.3) is 11.1 Å². The van der Waals surface area contributed by atoms with Crippen molar-refractivity contribution in [1.29, 1.82) is 0 Å². The summed E-state index contributed by atoms with van der Waals surface area (Å²) in [5, 5.41) is 1.98. The molecule has 0 unspecified atom stereocenters. The highest BCUT2D eigenvalue weighted by Crippen LogP contribution is 3.02. The lowest BCUT2D eigenvalue weighted by Crippen LogP contribution is -2.21. The standard InChI is InChI=1S/C15H11Cl3F5NO2S/c16-15(17,18)9-26-14(25)24-13-8-11(27(19,20,21,22)23)6-7-12(13)10-4-2-1-3-5-10/h1-8H,9H2,(H,24,25). The Morgan fingerprint density at radius 1 is 1.00 bits per heavy atom. The lowest BCUT2D eigenvalue weighted by Gasteiger charge is -2.40. The van der Waals surface area contributed by atoms with Crippen molar-refractivity contribution in [2.75, 3.05) is 11.9 Å². The number of carbonyl (C=O) groups is 1. The Morgan fingerprint density at radius 2 is 1.59 bits per heavy atom. The highest BCUT2D eigenvalue weighted by Gasteiger charge is 2.65. The van der Waals surface area contributed by atoms with Crippen LogP contribution in [0.4, 0.5) is 29.9 Å². The molecule has 0 spiro atoms. The van der Waals surface area contributed by atoms with Crippen LogP contribution >= 0.6 is 45.0 Å². The van der Waals surface area contributed by atoms with E-state index < -0.39 is 37.3 Å². The fourth-order valence-corrected chi connectivity index (χ4v) is 2.86. The van der Waals surface area contributed by atoms with E-state index in [-0.39, 0.29) is 17.7 Å². The van der Waals surface area contributed by atoms with Gasteiger partial charge in [0.2, 0.25) is 3.79 Å². The molecule has 2 aromatic rings. The third kappa shape index (κ3) is 6.60. The summed E-state index contributed by atoms with van der Waals surface area (Å²) in [6.45, 7) is -0.703. The van der Waals surface area contributed by atoms with Crippen LogP contribution in [0.1, 0.15) is 0 Å². The molecular formula is C15H11Cl3F5NO2S. The molecule has 0 aliphatic heterocycles. The average Bonchev–Trinajstić information content (AvgIpc) is 2.51. The first kappa shape index (κ1) is 21.9. The Labute approximate surface area is 166 Å². The van der Waals surface area contributed by atoms with E-state index >= 15 is 0 Å². The van der Waals surface area contributed by atoms with E-state index in [2.05, 4.69) is 4.74 Å². The zero-order chi connectivity index (χ0) is 20.6. The van der Waals surface area contributed by atoms with Gasteiger partial charge in [-0.3, -0.25) is 5.32 Å². The second-order valence-corrected chi connectivity index (χ2v) is 10.3. The molecule has 150 valence electrons. The van der Waals surface area contributed by atoms with Gasteiger partial charge in [0.05, 0.1) is 5.69 Å². The van der Waals surface area contributed by atoms with E-state index in [0.29, 0.717) is 5.56 Å². The predicted octanol–water partition coefficient (Wildman–Crippen LogP) is 7.93. The van der Waals surface area contributed by atoms with Gasteiger partial charge in [0.1, 0.15) is 11.5 Å². The lowest BCUT2D eigenvalue weighted by molar-refractivity contribution is 0.164. The number of anilines is 1. The molecule has 2 aromatic carbocycles. The largest absolute Gasteiger partial charge is 0.445 e. The first-order chi connectivity index (χ1) is 12.0. The maximum absolute atomic E-state index is 13.1. The van der Waals surface area contributed by atoms with E-state index in [1.807, 2.05) is 5.32 Å². The van der Waals surface area contributed by atoms with Gasteiger partial charge < -0.3 is 4.74 Å². The van der Waals surface area contributed by atoms with Crippen molar-refractivity contribution in [1.82, 2.24) is 0 Å². The molecule has 0 saturated heterocycles. The number of amides is 1. The fraction of sp³-hybridized carbons (Fsp3) is 0.133. The quantitative estimate of drug-likeness (QED) is 0.364. The van der Waals surface area contributed by atoms with Gasteiger partial charge in [0.15, 0.2) is 0 Å². The third-order valence-electron chi connectivity index (χ3n) is 3.12. The number of hydrogen-bond donors (Lipinski definition) is 1. The molecule has 2 rings (SSSR count). The summed E-state index contributed by atoms with van der Waals surface area (Å²) >= 11 is 16.2. The van der Waals surface area contributed by atoms with Crippen molar-refractivity contribution in [2.24, 2.45) is 0 Å². The maximum Gasteiger partial charge on any atom is 0.411 e. The van der Waals surface area contributed by atoms with Crippen molar-refractivity contribution >= 4 is 56.8 Å². The number of rotatable bonds is 4. The molecule has 0 aromatic heterocycles. The maximum atomic E-state index is 13.1. The van der Waals surface area contributed by atoms with Crippen molar-refractivity contribution < 1.29 is 29.0 Å². The molecule has 0 bridgehead atoms. The van der Waals surface area contributed by atoms with Gasteiger partial charge in [-0.2, -0.15) is 0 Å². The number of carbonyl (C=O) groups excluding carboxylic acids is 1. The minimum atomic E-state index is -9.96. The first-order valence-electron chi connectivity index (χ1n) is 6.99. The Hall–Kier alpha value is -1.42. The van der Waals surface area contributed by atoms with Crippen LogP contribution in [-0.2, 0) is 4.74 Å². The second-order valence-electron chi connectivity index (χ2n) is 5.36. The normalized spacial score (nSPS) is 14.8. The SMILES string of the molecule is O=C(Nc1cc(S(F)(F)(F)(F)F)ccc1-c1ccccc1)OCC(Cl)(Cl)Cl. The van der Waals surface area contributed by atoms with Crippen molar-refractivity contribution in [3.63, 3.8) is 0 Å². The second kappa shape index (κ2) is 6.58. The zero-order valence-corrected chi connectivity index (χ0v) is 16.2. The molecule has 0 aliphatic carbocycles. The number of nitrogens with one attached hydrogen (secondary N) is 1. The first-order valence-corrected chi connectivity index (χ1v) is 10.1. The molecule has 3 nitrogen and oxygen atoms in total. The fourth-order valence-electron chi connectivity index (χ4n) is 2.03. The molecule has 27 heavy (non-hydrogen) atoms. The predicted molar refractivity (Wildman–Crippen MR) is 98.5 cm³/mol. The molecule has 1 amide bonds. The van der Waals surface area contributed by atoms with Crippen molar-refractivity contribution in [2.45, 2.75) is 8.69 Å². The van der Waals surface area contributed by atoms with E-state index in [1.54, 1.807) is 18.2 Å². The Morgan fingerprint density at radius 3 is 2.11 bits per heavy atom. The van der Waals surface area contributed by atoms with Crippen LogP contribution in [0, 0.1) is 0 Å². The van der Waals surface area contributed by atoms with E-state index in [9.17, 15) is 24.2 Å². The minimum Gasteiger partial charge on any atom is -0.445 e. The minimum absolute atomic E-state index is 0.0621. The van der Waals surface area contributed by atoms with Crippen LogP contribution in [0.5, 0.6) is 0 Å². The molecule has 0 aliphatic rings. The number of benzene rings is 2. The molecule has 0 saturated carbocycles. The number of hydrogen-bond acceptors (Lipinski definition) is 2. The summed E-state index contributed by atoms with van der Waals surface area (Å²) in [4.78, 5) is 9.63. The van der Waals surface area contributed by atoms with E-state index in [4.69, 9.17) is 34.8 Å². The number of halogens is 8. The smallest absolute Gasteiger partial charge is 0.411 e. The van der Waals surface area contributed by atoms with Gasteiger partial charge in [-0.05, 0) is 17.7 Å². The highest BCUT2D eigenvalue weighted by atomic mass is 35.6. The van der Waals surface area contributed by atoms with Gasteiger partial charge in [0.25, 0.3) is 0 Å². The Bertz CT molecular complexity index is 858. The van der Waals surface area contributed by atoms with Crippen molar-refractivity contribution in [3.8, 4) is 11.1 Å². The van der Waals surface area contributed by atoms with Gasteiger partial charge in [-0.25, -0.2) is 4.79 Å². The summed E-state index contributed by atoms with van der Waals surface area (Å²) in [6.07, 6.45) is -1.28. The van der Waals surface area contributed by atoms with Crippen molar-refractivity contribution in [3.05, 3.63) is 48.5 Å². The highest BCUT2D eigenvalue weighted by molar-refractivity contribution is 8.45. The molecule has 0 atom stereocenters. The summed E-state index contributed by atoms with van der Waals surface area (Å²) < 4.78 is 68.2. The van der Waals surface area contributed by atoms with Gasteiger partial charge >= 0.3 is 16.3 Å². The molecule has 0 radical (unpaired) electrons. The lowest BCUT2D eigenvalue weighted by atomic mass is 10.0. The molecule has 0 fully saturated rings. The summed E-state index contributed by atoms with van der Waals surface area (Å²) in [7, 11) is -9.96. The topological polar surface area (TPSA) is 38.3 Å². The Balaban J connectivity index is 2.46. The summed E-state index contributed by atoms with van der Waals surface area (Å²) in [5.74, 6) is 0. The number of ether oxygens (including phenoxy) is 1. The average molecular weight is 471 g/mol. The third-order valence-corrected chi connectivity index (χ3v) is 4.60. The van der Waals surface area contributed by atoms with E-state index in [1.165, 1.54) is 12.1 Å². The summed E-state index contributed by atoms with van der Waals surface area (Å²) in [6, 6.07) is 9.07. The van der Waals surface area contributed by atoms with Crippen LogP contribution in [0.2, 0.25) is 0 Å².